The molecule has 0 spiro atoms. The second-order valence-corrected chi connectivity index (χ2v) is 11.6. The van der Waals surface area contributed by atoms with Crippen molar-refractivity contribution in [2.45, 2.75) is 39.0 Å². The molecule has 4 rings (SSSR count). The summed E-state index contributed by atoms with van der Waals surface area (Å²) in [7, 11) is -3.10. The third kappa shape index (κ3) is 5.95. The van der Waals surface area contributed by atoms with Crippen LogP contribution in [0.2, 0.25) is 0 Å². The van der Waals surface area contributed by atoms with Gasteiger partial charge in [-0.05, 0) is 61.6 Å². The maximum absolute atomic E-state index is 14.4. The highest BCUT2D eigenvalue weighted by Gasteiger charge is 2.46. The molecule has 0 aromatic heterocycles. The molecule has 190 valence electrons. The molecule has 1 atom stereocenters. The quantitative estimate of drug-likeness (QED) is 0.394. The molecule has 0 bridgehead atoms. The molecule has 2 aliphatic rings. The number of amides is 1. The van der Waals surface area contributed by atoms with Crippen LogP contribution in [0.4, 0.5) is 29.3 Å². The molecule has 0 N–H and O–H groups in total. The third-order valence-electron chi connectivity index (χ3n) is 6.24. The first-order chi connectivity index (χ1) is 15.7. The number of ketones is 1. The molecule has 1 saturated heterocycles. The number of carbonyl (C=O) groups excluding carboxylic acids is 3. The van der Waals surface area contributed by atoms with Gasteiger partial charge in [0.05, 0.1) is 28.3 Å². The number of fused-ring (bicyclic) bond motifs is 1. The SMILES string of the molecule is CC1(C)C(=O)N(c2ccccc2F)c2ccc(C(=O)C[C@@]3(C)CCS(=O)(=O)C3)cc21.O=C(F)F.S. The van der Waals surface area contributed by atoms with E-state index in [9.17, 15) is 31.2 Å². The third-order valence-corrected chi connectivity index (χ3v) is 8.20. The molecule has 2 heterocycles. The highest BCUT2D eigenvalue weighted by atomic mass is 32.2. The lowest BCUT2D eigenvalue weighted by Gasteiger charge is -2.21. The van der Waals surface area contributed by atoms with Crippen LogP contribution in [-0.4, -0.2) is 37.9 Å². The van der Waals surface area contributed by atoms with Crippen LogP contribution in [0, 0.1) is 11.2 Å². The van der Waals surface area contributed by atoms with Crippen LogP contribution in [0.1, 0.15) is 49.5 Å². The van der Waals surface area contributed by atoms with E-state index in [2.05, 4.69) is 0 Å². The van der Waals surface area contributed by atoms with Crippen molar-refractivity contribution < 1.29 is 36.0 Å². The maximum Gasteiger partial charge on any atom is 0.483 e. The zero-order valence-electron chi connectivity index (χ0n) is 19.4. The van der Waals surface area contributed by atoms with Gasteiger partial charge in [-0.1, -0.05) is 19.1 Å². The van der Waals surface area contributed by atoms with Gasteiger partial charge in [-0.15, -0.1) is 8.78 Å². The highest BCUT2D eigenvalue weighted by molar-refractivity contribution is 7.91. The first kappa shape index (κ1) is 28.6. The van der Waals surface area contributed by atoms with E-state index in [1.807, 2.05) is 6.92 Å². The molecule has 1 fully saturated rings. The van der Waals surface area contributed by atoms with Crippen LogP contribution < -0.4 is 4.90 Å². The zero-order chi connectivity index (χ0) is 25.5. The Morgan fingerprint density at radius 2 is 1.63 bits per heavy atom. The molecule has 0 saturated carbocycles. The van der Waals surface area contributed by atoms with Crippen LogP contribution in [0.5, 0.6) is 0 Å². The Balaban J connectivity index is 0.000000804. The maximum atomic E-state index is 14.4. The van der Waals surface area contributed by atoms with E-state index in [1.54, 1.807) is 50.2 Å². The summed E-state index contributed by atoms with van der Waals surface area (Å²) in [6, 6.07) is 11.1. The predicted octanol–water partition coefficient (Wildman–Crippen LogP) is 5.34. The first-order valence-corrected chi connectivity index (χ1v) is 12.3. The van der Waals surface area contributed by atoms with E-state index in [-0.39, 0.29) is 48.8 Å². The first-order valence-electron chi connectivity index (χ1n) is 10.5. The fourth-order valence-corrected chi connectivity index (χ4v) is 6.74. The average Bonchev–Trinajstić information content (AvgIpc) is 3.11. The number of Topliss-reactive ketones (excluding diaryl/α,β-unsaturated/α-hetero) is 1. The second-order valence-electron chi connectivity index (χ2n) is 9.43. The molecule has 1 amide bonds. The Morgan fingerprint density at radius 3 is 2.17 bits per heavy atom. The topological polar surface area (TPSA) is 88.6 Å². The van der Waals surface area contributed by atoms with Gasteiger partial charge >= 0.3 is 6.29 Å². The van der Waals surface area contributed by atoms with Crippen LogP contribution in [0.15, 0.2) is 42.5 Å². The number of nitrogens with zero attached hydrogens (tertiary/aromatic N) is 1. The molecule has 6 nitrogen and oxygen atoms in total. The lowest BCUT2D eigenvalue weighted by atomic mass is 9.81. The number of para-hydroxylation sites is 1. The van der Waals surface area contributed by atoms with Gasteiger partial charge < -0.3 is 0 Å². The molecular weight excluding hydrogens is 503 g/mol. The summed E-state index contributed by atoms with van der Waals surface area (Å²) >= 11 is 0. The summed E-state index contributed by atoms with van der Waals surface area (Å²) in [5, 5.41) is 0. The number of rotatable bonds is 4. The smallest absolute Gasteiger partial charge is 0.294 e. The normalized spacial score (nSPS) is 21.4. The van der Waals surface area contributed by atoms with Crippen molar-refractivity contribution in [2.75, 3.05) is 16.4 Å². The Bertz CT molecular complexity index is 1280. The number of benzene rings is 2. The summed E-state index contributed by atoms with van der Waals surface area (Å²) in [4.78, 5) is 35.6. The van der Waals surface area contributed by atoms with E-state index in [1.165, 1.54) is 11.0 Å². The summed E-state index contributed by atoms with van der Waals surface area (Å²) in [6.07, 6.45) is -2.23. The van der Waals surface area contributed by atoms with Gasteiger partial charge in [0.1, 0.15) is 5.82 Å². The Kier molecular flexibility index (Phi) is 8.28. The van der Waals surface area contributed by atoms with Crippen molar-refractivity contribution in [1.82, 2.24) is 0 Å². The number of carbonyl (C=O) groups is 3. The van der Waals surface area contributed by atoms with Gasteiger partial charge in [0, 0.05) is 12.0 Å². The zero-order valence-corrected chi connectivity index (χ0v) is 21.2. The number of sulfone groups is 1. The van der Waals surface area contributed by atoms with Gasteiger partial charge in [0.25, 0.3) is 0 Å². The van der Waals surface area contributed by atoms with Gasteiger partial charge in [-0.25, -0.2) is 17.6 Å². The number of halogens is 3. The van der Waals surface area contributed by atoms with Crippen molar-refractivity contribution >= 4 is 52.7 Å². The molecule has 2 aromatic carbocycles. The van der Waals surface area contributed by atoms with E-state index in [0.29, 0.717) is 23.2 Å². The van der Waals surface area contributed by atoms with E-state index < -0.39 is 32.8 Å². The molecule has 0 aliphatic carbocycles. The van der Waals surface area contributed by atoms with Gasteiger partial charge in [-0.2, -0.15) is 13.5 Å². The molecule has 2 aromatic rings. The minimum atomic E-state index is -3.10. The molecule has 2 aliphatic heterocycles. The van der Waals surface area contributed by atoms with Gasteiger partial charge in [-0.3, -0.25) is 14.5 Å². The fourth-order valence-electron chi connectivity index (χ4n) is 4.49. The van der Waals surface area contributed by atoms with Gasteiger partial charge in [0.15, 0.2) is 15.6 Å². The fraction of sp³-hybridized carbons (Fsp3) is 0.375. The number of anilines is 2. The largest absolute Gasteiger partial charge is 0.483 e. The summed E-state index contributed by atoms with van der Waals surface area (Å²) in [5.74, 6) is -0.780. The van der Waals surface area contributed by atoms with E-state index in [4.69, 9.17) is 4.79 Å². The van der Waals surface area contributed by atoms with Crippen molar-refractivity contribution in [1.29, 1.82) is 0 Å². The predicted molar refractivity (Wildman–Crippen MR) is 131 cm³/mol. The van der Waals surface area contributed by atoms with Crippen LogP contribution in [-0.2, 0) is 20.0 Å². The molecule has 0 radical (unpaired) electrons. The van der Waals surface area contributed by atoms with E-state index >= 15 is 0 Å². The summed E-state index contributed by atoms with van der Waals surface area (Å²) < 4.78 is 57.5. The van der Waals surface area contributed by atoms with Crippen molar-refractivity contribution in [3.8, 4) is 0 Å². The monoisotopic (exact) mass is 529 g/mol. The van der Waals surface area contributed by atoms with Crippen LogP contribution in [0.3, 0.4) is 0 Å². The van der Waals surface area contributed by atoms with Crippen LogP contribution >= 0.6 is 13.5 Å². The van der Waals surface area contributed by atoms with Crippen molar-refractivity contribution in [3.63, 3.8) is 0 Å². The highest BCUT2D eigenvalue weighted by Crippen LogP contribution is 2.46. The van der Waals surface area contributed by atoms with Crippen molar-refractivity contribution in [2.24, 2.45) is 5.41 Å². The molecule has 0 unspecified atom stereocenters. The Morgan fingerprint density at radius 1 is 1.03 bits per heavy atom. The summed E-state index contributed by atoms with van der Waals surface area (Å²) in [6.45, 7) is 5.35. The minimum absolute atomic E-state index is 0. The molecular formula is C24H26F3NO5S2. The molecule has 35 heavy (non-hydrogen) atoms. The molecule has 11 heteroatoms. The Hall–Kier alpha value is -2.66. The van der Waals surface area contributed by atoms with Gasteiger partial charge in [0.2, 0.25) is 5.91 Å². The summed E-state index contributed by atoms with van der Waals surface area (Å²) in [5.41, 5.74) is 0.341. The number of hydrogen-bond acceptors (Lipinski definition) is 5. The lowest BCUT2D eigenvalue weighted by Crippen LogP contribution is -2.33. The van der Waals surface area contributed by atoms with Crippen molar-refractivity contribution in [3.05, 3.63) is 59.4 Å². The van der Waals surface area contributed by atoms with E-state index in [0.717, 1.165) is 0 Å². The minimum Gasteiger partial charge on any atom is -0.294 e. The number of hydrogen-bond donors (Lipinski definition) is 0. The second kappa shape index (κ2) is 10.1. The lowest BCUT2D eigenvalue weighted by molar-refractivity contribution is -0.121. The van der Waals surface area contributed by atoms with Crippen LogP contribution in [0.25, 0.3) is 0 Å². The Labute approximate surface area is 208 Å². The average molecular weight is 530 g/mol. The standard InChI is InChI=1S/C23H24FNO4S.CF2O.H2S/c1-22(2)16-12-15(20(26)13-23(3)10-11-30(28,29)14-23)8-9-18(16)25(21(22)27)19-7-5-4-6-17(19)24;2-1(3)4;/h4-9,12H,10-11,13-14H2,1-3H3;;1H2/t23-;;/m1../s1.